The maximum atomic E-state index is 5.79. The third kappa shape index (κ3) is 3.64. The lowest BCUT2D eigenvalue weighted by Gasteiger charge is -2.12. The van der Waals surface area contributed by atoms with Crippen molar-refractivity contribution in [2.45, 2.75) is 26.3 Å². The van der Waals surface area contributed by atoms with E-state index < -0.39 is 0 Å². The van der Waals surface area contributed by atoms with Gasteiger partial charge in [-0.1, -0.05) is 13.0 Å². The van der Waals surface area contributed by atoms with Crippen LogP contribution in [0.15, 0.2) is 24.8 Å². The van der Waals surface area contributed by atoms with Crippen LogP contribution < -0.4 is 19.5 Å². The minimum atomic E-state index is 0.285. The van der Waals surface area contributed by atoms with Crippen molar-refractivity contribution in [1.29, 1.82) is 0 Å². The quantitative estimate of drug-likeness (QED) is 0.578. The van der Waals surface area contributed by atoms with Gasteiger partial charge in [0.15, 0.2) is 11.5 Å². The van der Waals surface area contributed by atoms with Crippen molar-refractivity contribution < 1.29 is 14.2 Å². The summed E-state index contributed by atoms with van der Waals surface area (Å²) >= 11 is 0. The average molecular weight is 263 g/mol. The Morgan fingerprint density at radius 1 is 1.37 bits per heavy atom. The Balaban J connectivity index is 2.09. The van der Waals surface area contributed by atoms with Gasteiger partial charge < -0.3 is 19.5 Å². The molecule has 4 heteroatoms. The van der Waals surface area contributed by atoms with Gasteiger partial charge in [0.1, 0.15) is 5.75 Å². The van der Waals surface area contributed by atoms with Crippen molar-refractivity contribution in [1.82, 2.24) is 5.32 Å². The Labute approximate surface area is 114 Å². The maximum Gasteiger partial charge on any atom is 0.231 e. The highest BCUT2D eigenvalue weighted by molar-refractivity contribution is 5.51. The predicted octanol–water partition coefficient (Wildman–Crippen LogP) is 2.87. The fourth-order valence-electron chi connectivity index (χ4n) is 1.89. The third-order valence-corrected chi connectivity index (χ3v) is 2.88. The van der Waals surface area contributed by atoms with Gasteiger partial charge in [-0.15, -0.1) is 6.58 Å². The summed E-state index contributed by atoms with van der Waals surface area (Å²) in [5, 5.41) is 3.38. The number of ether oxygens (including phenoxy) is 3. The van der Waals surface area contributed by atoms with Crippen molar-refractivity contribution in [3.05, 3.63) is 30.4 Å². The zero-order chi connectivity index (χ0) is 13.5. The zero-order valence-electron chi connectivity index (χ0n) is 11.4. The number of hydrogen-bond acceptors (Lipinski definition) is 4. The van der Waals surface area contributed by atoms with Gasteiger partial charge in [-0.3, -0.25) is 0 Å². The van der Waals surface area contributed by atoms with Crippen LogP contribution in [0.2, 0.25) is 0 Å². The molecule has 0 aliphatic carbocycles. The number of hydrogen-bond donors (Lipinski definition) is 1. The molecule has 0 spiro atoms. The Hall–Kier alpha value is -1.68. The molecule has 1 heterocycles. The van der Waals surface area contributed by atoms with Crippen LogP contribution in [-0.4, -0.2) is 19.9 Å². The van der Waals surface area contributed by atoms with Crippen molar-refractivity contribution >= 4 is 0 Å². The molecule has 1 aliphatic heterocycles. The summed E-state index contributed by atoms with van der Waals surface area (Å²) in [6, 6.07) is 3.91. The summed E-state index contributed by atoms with van der Waals surface area (Å²) in [4.78, 5) is 0. The molecule has 0 fully saturated rings. The number of nitrogens with one attached hydrogen (secondary N) is 1. The number of rotatable bonds is 8. The van der Waals surface area contributed by atoms with E-state index in [2.05, 4.69) is 18.8 Å². The van der Waals surface area contributed by atoms with Crippen LogP contribution >= 0.6 is 0 Å². The predicted molar refractivity (Wildman–Crippen MR) is 74.9 cm³/mol. The van der Waals surface area contributed by atoms with E-state index in [1.807, 2.05) is 18.2 Å². The van der Waals surface area contributed by atoms with Crippen molar-refractivity contribution in [3.63, 3.8) is 0 Å². The molecule has 1 aromatic carbocycles. The first-order valence-electron chi connectivity index (χ1n) is 6.72. The van der Waals surface area contributed by atoms with E-state index in [4.69, 9.17) is 14.2 Å². The highest BCUT2D eigenvalue weighted by Gasteiger charge is 2.17. The second kappa shape index (κ2) is 7.04. The molecule has 104 valence electrons. The SMILES string of the molecule is C=CCCOc1cc2c(cc1CNCCC)OCO2. The minimum Gasteiger partial charge on any atom is -0.493 e. The molecule has 1 aromatic rings. The highest BCUT2D eigenvalue weighted by Crippen LogP contribution is 2.38. The lowest BCUT2D eigenvalue weighted by molar-refractivity contribution is 0.173. The van der Waals surface area contributed by atoms with E-state index in [0.29, 0.717) is 6.61 Å². The topological polar surface area (TPSA) is 39.7 Å². The van der Waals surface area contributed by atoms with E-state index in [1.54, 1.807) is 0 Å². The first-order valence-corrected chi connectivity index (χ1v) is 6.72. The molecule has 1 aliphatic rings. The minimum absolute atomic E-state index is 0.285. The largest absolute Gasteiger partial charge is 0.493 e. The van der Waals surface area contributed by atoms with Crippen molar-refractivity contribution in [2.24, 2.45) is 0 Å². The second-order valence-electron chi connectivity index (χ2n) is 4.42. The molecule has 0 amide bonds. The van der Waals surface area contributed by atoms with Gasteiger partial charge in [0.2, 0.25) is 6.79 Å². The van der Waals surface area contributed by atoms with Crippen molar-refractivity contribution in [2.75, 3.05) is 19.9 Å². The van der Waals surface area contributed by atoms with E-state index in [-0.39, 0.29) is 6.79 Å². The maximum absolute atomic E-state index is 5.79. The lowest BCUT2D eigenvalue weighted by atomic mass is 10.1. The standard InChI is InChI=1S/C15H21NO3/c1-3-5-7-17-13-9-15-14(18-11-19-15)8-12(13)10-16-6-4-2/h3,8-9,16H,1,4-7,10-11H2,2H3. The van der Waals surface area contributed by atoms with Crippen LogP contribution in [0.5, 0.6) is 17.2 Å². The normalized spacial score (nSPS) is 12.5. The number of fused-ring (bicyclic) bond motifs is 1. The van der Waals surface area contributed by atoms with E-state index in [9.17, 15) is 0 Å². The molecule has 19 heavy (non-hydrogen) atoms. The molecule has 1 N–H and O–H groups in total. The van der Waals surface area contributed by atoms with Gasteiger partial charge in [0.25, 0.3) is 0 Å². The molecule has 0 radical (unpaired) electrons. The molecule has 0 atom stereocenters. The first-order chi connectivity index (χ1) is 9.35. The molecule has 0 saturated carbocycles. The van der Waals surface area contributed by atoms with Crippen LogP contribution in [0.25, 0.3) is 0 Å². The van der Waals surface area contributed by atoms with Gasteiger partial charge >= 0.3 is 0 Å². The molecule has 0 bridgehead atoms. The Morgan fingerprint density at radius 2 is 2.16 bits per heavy atom. The summed E-state index contributed by atoms with van der Waals surface area (Å²) < 4.78 is 16.6. The summed E-state index contributed by atoms with van der Waals surface area (Å²) in [6.07, 6.45) is 3.79. The first kappa shape index (κ1) is 13.7. The fourth-order valence-corrected chi connectivity index (χ4v) is 1.89. The van der Waals surface area contributed by atoms with E-state index in [0.717, 1.165) is 48.7 Å². The van der Waals surface area contributed by atoms with E-state index >= 15 is 0 Å². The Kier molecular flexibility index (Phi) is 5.10. The highest BCUT2D eigenvalue weighted by atomic mass is 16.7. The van der Waals surface area contributed by atoms with Crippen LogP contribution in [0.3, 0.4) is 0 Å². The summed E-state index contributed by atoms with van der Waals surface area (Å²) in [7, 11) is 0. The van der Waals surface area contributed by atoms with Gasteiger partial charge in [-0.05, 0) is 25.5 Å². The molecule has 4 nitrogen and oxygen atoms in total. The van der Waals surface area contributed by atoms with Gasteiger partial charge in [0, 0.05) is 18.2 Å². The lowest BCUT2D eigenvalue weighted by Crippen LogP contribution is -2.14. The Morgan fingerprint density at radius 3 is 2.89 bits per heavy atom. The third-order valence-electron chi connectivity index (χ3n) is 2.88. The summed E-state index contributed by atoms with van der Waals surface area (Å²) in [6.45, 7) is 8.51. The zero-order valence-corrected chi connectivity index (χ0v) is 11.4. The molecular formula is C15H21NO3. The van der Waals surface area contributed by atoms with E-state index in [1.165, 1.54) is 0 Å². The molecule has 0 aromatic heterocycles. The van der Waals surface area contributed by atoms with Crippen LogP contribution in [0.4, 0.5) is 0 Å². The number of benzene rings is 1. The van der Waals surface area contributed by atoms with Crippen LogP contribution in [0.1, 0.15) is 25.3 Å². The van der Waals surface area contributed by atoms with Crippen molar-refractivity contribution in [3.8, 4) is 17.2 Å². The van der Waals surface area contributed by atoms with Gasteiger partial charge in [-0.2, -0.15) is 0 Å². The Bertz CT molecular complexity index is 432. The van der Waals surface area contributed by atoms with Gasteiger partial charge in [0.05, 0.1) is 6.61 Å². The second-order valence-corrected chi connectivity index (χ2v) is 4.42. The monoisotopic (exact) mass is 263 g/mol. The fraction of sp³-hybridized carbons (Fsp3) is 0.467. The molecule has 0 unspecified atom stereocenters. The molecule has 2 rings (SSSR count). The van der Waals surface area contributed by atoms with Crippen LogP contribution in [0, 0.1) is 0 Å². The smallest absolute Gasteiger partial charge is 0.231 e. The average Bonchev–Trinajstić information content (AvgIpc) is 2.86. The molecule has 0 saturated heterocycles. The van der Waals surface area contributed by atoms with Crippen LogP contribution in [-0.2, 0) is 6.54 Å². The summed E-state index contributed by atoms with van der Waals surface area (Å²) in [5.74, 6) is 2.41. The van der Waals surface area contributed by atoms with Gasteiger partial charge in [-0.25, -0.2) is 0 Å². The molecular weight excluding hydrogens is 242 g/mol. The summed E-state index contributed by atoms with van der Waals surface area (Å²) in [5.41, 5.74) is 1.10.